The van der Waals surface area contributed by atoms with Crippen LogP contribution in [0.1, 0.15) is 26.3 Å². The summed E-state index contributed by atoms with van der Waals surface area (Å²) in [6, 6.07) is 9.14. The highest BCUT2D eigenvalue weighted by Gasteiger charge is 2.14. The third kappa shape index (κ3) is 3.83. The lowest BCUT2D eigenvalue weighted by Crippen LogP contribution is -2.18. The summed E-state index contributed by atoms with van der Waals surface area (Å²) in [6.45, 7) is 6.14. The maximum absolute atomic E-state index is 10.1. The van der Waals surface area contributed by atoms with E-state index in [1.807, 2.05) is 23.0 Å². The van der Waals surface area contributed by atoms with Crippen molar-refractivity contribution in [2.24, 2.45) is 0 Å². The summed E-state index contributed by atoms with van der Waals surface area (Å²) in [5, 5.41) is 26.0. The maximum atomic E-state index is 10.1. The molecule has 136 valence electrons. The van der Waals surface area contributed by atoms with Gasteiger partial charge in [-0.25, -0.2) is 0 Å². The number of nitrogens with two attached hydrogens (primary N) is 1. The van der Waals surface area contributed by atoms with Crippen molar-refractivity contribution in [2.75, 3.05) is 18.8 Å². The first-order valence-electron chi connectivity index (χ1n) is 8.77. The van der Waals surface area contributed by atoms with Gasteiger partial charge in [-0.3, -0.25) is 4.68 Å². The van der Waals surface area contributed by atoms with Gasteiger partial charge in [0, 0.05) is 22.9 Å². The molecule has 4 N–H and O–H groups in total. The Morgan fingerprint density at radius 3 is 2.81 bits per heavy atom. The molecule has 3 rings (SSSR count). The number of phenols is 1. The third-order valence-corrected chi connectivity index (χ3v) is 4.36. The summed E-state index contributed by atoms with van der Waals surface area (Å²) in [7, 11) is 0. The highest BCUT2D eigenvalue weighted by Crippen LogP contribution is 2.32. The zero-order chi connectivity index (χ0) is 18.5. The van der Waals surface area contributed by atoms with Crippen LogP contribution in [0.15, 0.2) is 42.7 Å². The van der Waals surface area contributed by atoms with Crippen LogP contribution in [0.25, 0.3) is 22.4 Å². The number of nitrogen functional groups attached to an aromatic ring is 1. The Morgan fingerprint density at radius 2 is 2.04 bits per heavy atom. The molecule has 2 aromatic heterocycles. The van der Waals surface area contributed by atoms with Crippen molar-refractivity contribution in [1.29, 1.82) is 0 Å². The zero-order valence-electron chi connectivity index (χ0n) is 15.1. The van der Waals surface area contributed by atoms with Gasteiger partial charge in [-0.15, -0.1) is 10.2 Å². The van der Waals surface area contributed by atoms with E-state index in [2.05, 4.69) is 34.5 Å². The average Bonchev–Trinajstić information content (AvgIpc) is 3.13. The minimum atomic E-state index is 0.158. The summed E-state index contributed by atoms with van der Waals surface area (Å²) >= 11 is 0. The molecule has 0 saturated carbocycles. The molecule has 1 atom stereocenters. The molecule has 7 nitrogen and oxygen atoms in total. The lowest BCUT2D eigenvalue weighted by Gasteiger charge is -2.12. The lowest BCUT2D eigenvalue weighted by atomic mass is 10.1. The summed E-state index contributed by atoms with van der Waals surface area (Å²) in [6.07, 6.45) is 4.74. The molecule has 0 aliphatic rings. The van der Waals surface area contributed by atoms with E-state index in [4.69, 9.17) is 5.73 Å². The first-order chi connectivity index (χ1) is 12.6. The number of aromatic hydroxyl groups is 1. The van der Waals surface area contributed by atoms with Gasteiger partial charge in [-0.2, -0.15) is 5.10 Å². The van der Waals surface area contributed by atoms with Crippen molar-refractivity contribution in [2.45, 2.75) is 26.3 Å². The summed E-state index contributed by atoms with van der Waals surface area (Å²) < 4.78 is 1.94. The van der Waals surface area contributed by atoms with Crippen LogP contribution in [-0.2, 0) is 0 Å². The second-order valence-corrected chi connectivity index (χ2v) is 6.25. The number of para-hydroxylation sites is 1. The minimum absolute atomic E-state index is 0.158. The van der Waals surface area contributed by atoms with Gasteiger partial charge in [0.25, 0.3) is 0 Å². The quantitative estimate of drug-likeness (QED) is 0.565. The second-order valence-electron chi connectivity index (χ2n) is 6.25. The van der Waals surface area contributed by atoms with Gasteiger partial charge in [-0.1, -0.05) is 19.1 Å². The minimum Gasteiger partial charge on any atom is -0.507 e. The largest absolute Gasteiger partial charge is 0.507 e. The molecular weight excluding hydrogens is 328 g/mol. The molecule has 0 saturated heterocycles. The van der Waals surface area contributed by atoms with E-state index < -0.39 is 0 Å². The third-order valence-electron chi connectivity index (χ3n) is 4.36. The normalized spacial score (nSPS) is 12.2. The molecule has 0 bridgehead atoms. The molecule has 3 aromatic rings. The Labute approximate surface area is 152 Å². The van der Waals surface area contributed by atoms with Gasteiger partial charge < -0.3 is 16.2 Å². The monoisotopic (exact) mass is 352 g/mol. The Hall–Kier alpha value is -2.93. The molecule has 0 aliphatic heterocycles. The molecule has 2 heterocycles. The predicted molar refractivity (Wildman–Crippen MR) is 103 cm³/mol. The van der Waals surface area contributed by atoms with Crippen molar-refractivity contribution in [1.82, 2.24) is 25.3 Å². The molecular formula is C19H24N6O. The number of hydrogen-bond acceptors (Lipinski definition) is 6. The highest BCUT2D eigenvalue weighted by molar-refractivity contribution is 5.78. The fourth-order valence-electron chi connectivity index (χ4n) is 2.79. The highest BCUT2D eigenvalue weighted by atomic mass is 16.3. The smallest absolute Gasteiger partial charge is 0.154 e. The predicted octanol–water partition coefficient (Wildman–Crippen LogP) is 2.86. The van der Waals surface area contributed by atoms with E-state index in [1.165, 1.54) is 0 Å². The number of aromatic nitrogens is 4. The van der Waals surface area contributed by atoms with Crippen LogP contribution in [-0.4, -0.2) is 38.2 Å². The van der Waals surface area contributed by atoms with Crippen LogP contribution in [0, 0.1) is 0 Å². The summed E-state index contributed by atoms with van der Waals surface area (Å²) in [5.41, 5.74) is 8.86. The van der Waals surface area contributed by atoms with Crippen LogP contribution in [0.2, 0.25) is 0 Å². The van der Waals surface area contributed by atoms with Crippen LogP contribution in [0.3, 0.4) is 0 Å². The Balaban J connectivity index is 1.88. The molecule has 1 aromatic carbocycles. The SMILES string of the molecule is CCNCCC(C)n1cc(-c2cc(-c3ccccc3O)nnc2N)cn1. The van der Waals surface area contributed by atoms with E-state index in [0.29, 0.717) is 17.1 Å². The van der Waals surface area contributed by atoms with Crippen molar-refractivity contribution in [3.8, 4) is 28.1 Å². The van der Waals surface area contributed by atoms with Crippen LogP contribution in [0.4, 0.5) is 5.82 Å². The molecule has 0 fully saturated rings. The first-order valence-corrected chi connectivity index (χ1v) is 8.77. The number of anilines is 1. The Kier molecular flexibility index (Phi) is 5.48. The van der Waals surface area contributed by atoms with E-state index in [9.17, 15) is 5.11 Å². The maximum Gasteiger partial charge on any atom is 0.154 e. The molecule has 1 unspecified atom stereocenters. The van der Waals surface area contributed by atoms with Crippen molar-refractivity contribution < 1.29 is 5.11 Å². The van der Waals surface area contributed by atoms with Crippen LogP contribution >= 0.6 is 0 Å². The molecule has 0 amide bonds. The lowest BCUT2D eigenvalue weighted by molar-refractivity contribution is 0.447. The number of nitrogens with zero attached hydrogens (tertiary/aromatic N) is 4. The number of benzene rings is 1. The Morgan fingerprint density at radius 1 is 1.23 bits per heavy atom. The number of hydrogen-bond donors (Lipinski definition) is 3. The van der Waals surface area contributed by atoms with E-state index in [0.717, 1.165) is 30.6 Å². The average molecular weight is 352 g/mol. The standard InChI is InChI=1S/C19H24N6O/c1-3-21-9-8-13(2)25-12-14(11-22-25)16-10-17(23-24-19(16)20)15-6-4-5-7-18(15)26/h4-7,10-13,21,26H,3,8-9H2,1-2H3,(H2,20,24). The summed E-state index contributed by atoms with van der Waals surface area (Å²) in [5.74, 6) is 0.495. The second kappa shape index (κ2) is 7.97. The van der Waals surface area contributed by atoms with Gasteiger partial charge in [0.1, 0.15) is 5.75 Å². The van der Waals surface area contributed by atoms with Crippen LogP contribution in [0.5, 0.6) is 5.75 Å². The van der Waals surface area contributed by atoms with E-state index in [-0.39, 0.29) is 11.8 Å². The fraction of sp³-hybridized carbons (Fsp3) is 0.316. The molecule has 0 radical (unpaired) electrons. The number of rotatable bonds is 7. The first kappa shape index (κ1) is 17.9. The van der Waals surface area contributed by atoms with Gasteiger partial charge in [0.05, 0.1) is 17.9 Å². The van der Waals surface area contributed by atoms with Crippen molar-refractivity contribution >= 4 is 5.82 Å². The Bertz CT molecular complexity index is 876. The summed E-state index contributed by atoms with van der Waals surface area (Å²) in [4.78, 5) is 0. The molecule has 0 spiro atoms. The molecule has 26 heavy (non-hydrogen) atoms. The number of nitrogens with one attached hydrogen (secondary N) is 1. The zero-order valence-corrected chi connectivity index (χ0v) is 15.1. The fourth-order valence-corrected chi connectivity index (χ4v) is 2.79. The topological polar surface area (TPSA) is 102 Å². The van der Waals surface area contributed by atoms with Gasteiger partial charge in [0.2, 0.25) is 0 Å². The van der Waals surface area contributed by atoms with Crippen LogP contribution < -0.4 is 11.1 Å². The molecule has 7 heteroatoms. The van der Waals surface area contributed by atoms with Gasteiger partial charge in [-0.05, 0) is 44.6 Å². The van der Waals surface area contributed by atoms with E-state index >= 15 is 0 Å². The van der Waals surface area contributed by atoms with Crippen molar-refractivity contribution in [3.05, 3.63) is 42.7 Å². The van der Waals surface area contributed by atoms with Gasteiger partial charge >= 0.3 is 0 Å². The number of phenolic OH excluding ortho intramolecular Hbond substituents is 1. The van der Waals surface area contributed by atoms with Gasteiger partial charge in [0.15, 0.2) is 5.82 Å². The van der Waals surface area contributed by atoms with Crippen molar-refractivity contribution in [3.63, 3.8) is 0 Å². The van der Waals surface area contributed by atoms with E-state index in [1.54, 1.807) is 24.4 Å². The molecule has 0 aliphatic carbocycles.